The van der Waals surface area contributed by atoms with Gasteiger partial charge in [0.25, 0.3) is 0 Å². The van der Waals surface area contributed by atoms with Crippen LogP contribution in [-0.2, 0) is 6.42 Å². The minimum absolute atomic E-state index is 0.195. The quantitative estimate of drug-likeness (QED) is 0.824. The molecule has 1 unspecified atom stereocenters. The van der Waals surface area contributed by atoms with E-state index in [2.05, 4.69) is 44.3 Å². The third kappa shape index (κ3) is 3.44. The Morgan fingerprint density at radius 1 is 1.20 bits per heavy atom. The molecule has 1 aromatic heterocycles. The molecule has 2 aromatic rings. The molecule has 0 saturated heterocycles. The Bertz CT molecular complexity index is 542. The molecule has 0 amide bonds. The topological polar surface area (TPSA) is 25.2 Å². The normalized spacial score (nSPS) is 12.6. The Morgan fingerprint density at radius 3 is 2.45 bits per heavy atom. The number of aryl methyl sites for hydroxylation is 2. The van der Waals surface area contributed by atoms with Crippen LogP contribution in [0.4, 0.5) is 0 Å². The average Bonchev–Trinajstić information content (AvgIpc) is 2.84. The first-order valence-electron chi connectivity index (χ1n) is 7.14. The van der Waals surface area contributed by atoms with Crippen LogP contribution in [0.15, 0.2) is 34.9 Å². The standard InChI is InChI=1S/C17H22ClNO/c1-4-9-19-16(14-8-10-20-17(14)18)11-15-12(2)6-5-7-13(15)3/h5-8,10,16,19H,4,9,11H2,1-3H3. The van der Waals surface area contributed by atoms with Crippen LogP contribution in [0.1, 0.15) is 41.6 Å². The minimum atomic E-state index is 0.195. The zero-order chi connectivity index (χ0) is 14.5. The van der Waals surface area contributed by atoms with Crippen LogP contribution < -0.4 is 5.32 Å². The maximum atomic E-state index is 6.15. The highest BCUT2D eigenvalue weighted by Crippen LogP contribution is 2.28. The maximum Gasteiger partial charge on any atom is 0.197 e. The number of furan rings is 1. The molecule has 0 aliphatic rings. The minimum Gasteiger partial charge on any atom is -0.453 e. The van der Waals surface area contributed by atoms with Gasteiger partial charge < -0.3 is 9.73 Å². The maximum absolute atomic E-state index is 6.15. The summed E-state index contributed by atoms with van der Waals surface area (Å²) in [6.45, 7) is 7.46. The van der Waals surface area contributed by atoms with E-state index in [1.165, 1.54) is 16.7 Å². The third-order valence-corrected chi connectivity index (χ3v) is 4.02. The second-order valence-electron chi connectivity index (χ2n) is 5.23. The summed E-state index contributed by atoms with van der Waals surface area (Å²) in [6, 6.07) is 8.59. The molecule has 0 aliphatic carbocycles. The fourth-order valence-electron chi connectivity index (χ4n) is 2.54. The molecule has 0 bridgehead atoms. The summed E-state index contributed by atoms with van der Waals surface area (Å²) in [6.07, 6.45) is 3.68. The lowest BCUT2D eigenvalue weighted by atomic mass is 9.94. The molecule has 1 heterocycles. The Balaban J connectivity index is 2.26. The summed E-state index contributed by atoms with van der Waals surface area (Å²) in [5.41, 5.74) is 5.09. The molecular weight excluding hydrogens is 270 g/mol. The van der Waals surface area contributed by atoms with Gasteiger partial charge in [0.2, 0.25) is 0 Å². The largest absolute Gasteiger partial charge is 0.453 e. The molecule has 20 heavy (non-hydrogen) atoms. The van der Waals surface area contributed by atoms with Crippen molar-refractivity contribution in [3.8, 4) is 0 Å². The molecule has 0 spiro atoms. The van der Waals surface area contributed by atoms with Gasteiger partial charge in [0.1, 0.15) is 0 Å². The van der Waals surface area contributed by atoms with Crippen molar-refractivity contribution in [1.29, 1.82) is 0 Å². The van der Waals surface area contributed by atoms with Gasteiger partial charge in [0, 0.05) is 11.6 Å². The second kappa shape index (κ2) is 6.96. The van der Waals surface area contributed by atoms with Crippen molar-refractivity contribution >= 4 is 11.6 Å². The van der Waals surface area contributed by atoms with Crippen LogP contribution in [0.25, 0.3) is 0 Å². The molecule has 3 heteroatoms. The highest BCUT2D eigenvalue weighted by atomic mass is 35.5. The van der Waals surface area contributed by atoms with E-state index in [1.807, 2.05) is 6.07 Å². The highest BCUT2D eigenvalue weighted by Gasteiger charge is 2.18. The van der Waals surface area contributed by atoms with Crippen LogP contribution in [0, 0.1) is 13.8 Å². The van der Waals surface area contributed by atoms with Crippen LogP contribution in [0.2, 0.25) is 5.22 Å². The van der Waals surface area contributed by atoms with E-state index in [4.69, 9.17) is 16.0 Å². The summed E-state index contributed by atoms with van der Waals surface area (Å²) in [7, 11) is 0. The first-order valence-corrected chi connectivity index (χ1v) is 7.52. The molecule has 2 rings (SSSR count). The molecular formula is C17H22ClNO. The summed E-state index contributed by atoms with van der Waals surface area (Å²) in [4.78, 5) is 0. The Labute approximate surface area is 126 Å². The third-order valence-electron chi connectivity index (χ3n) is 3.71. The monoisotopic (exact) mass is 291 g/mol. The number of nitrogens with one attached hydrogen (secondary N) is 1. The van der Waals surface area contributed by atoms with Crippen molar-refractivity contribution in [2.24, 2.45) is 0 Å². The predicted octanol–water partition coefficient (Wildman–Crippen LogP) is 4.83. The zero-order valence-electron chi connectivity index (χ0n) is 12.4. The lowest BCUT2D eigenvalue weighted by Crippen LogP contribution is -2.24. The van der Waals surface area contributed by atoms with Gasteiger partial charge in [-0.2, -0.15) is 0 Å². The number of rotatable bonds is 6. The van der Waals surface area contributed by atoms with Gasteiger partial charge >= 0.3 is 0 Å². The van der Waals surface area contributed by atoms with E-state index in [-0.39, 0.29) is 6.04 Å². The Morgan fingerprint density at radius 2 is 1.90 bits per heavy atom. The highest BCUT2D eigenvalue weighted by molar-refractivity contribution is 6.29. The van der Waals surface area contributed by atoms with Gasteiger partial charge in [-0.15, -0.1) is 0 Å². The van der Waals surface area contributed by atoms with Crippen molar-refractivity contribution < 1.29 is 4.42 Å². The molecule has 2 nitrogen and oxygen atoms in total. The van der Waals surface area contributed by atoms with Gasteiger partial charge in [-0.3, -0.25) is 0 Å². The lowest BCUT2D eigenvalue weighted by molar-refractivity contribution is 0.512. The number of halogens is 1. The molecule has 1 atom stereocenters. The van der Waals surface area contributed by atoms with Crippen LogP contribution in [-0.4, -0.2) is 6.54 Å². The lowest BCUT2D eigenvalue weighted by Gasteiger charge is -2.20. The second-order valence-corrected chi connectivity index (χ2v) is 5.57. The summed E-state index contributed by atoms with van der Waals surface area (Å²) >= 11 is 6.15. The van der Waals surface area contributed by atoms with Crippen molar-refractivity contribution in [3.63, 3.8) is 0 Å². The van der Waals surface area contributed by atoms with Crippen LogP contribution >= 0.6 is 11.6 Å². The first kappa shape index (κ1) is 15.1. The first-order chi connectivity index (χ1) is 9.63. The van der Waals surface area contributed by atoms with E-state index in [9.17, 15) is 0 Å². The SMILES string of the molecule is CCCNC(Cc1c(C)cccc1C)c1ccoc1Cl. The predicted molar refractivity (Wildman–Crippen MR) is 84.4 cm³/mol. The summed E-state index contributed by atoms with van der Waals surface area (Å²) in [5, 5.41) is 4.06. The zero-order valence-corrected chi connectivity index (χ0v) is 13.1. The molecule has 1 N–H and O–H groups in total. The van der Waals surface area contributed by atoms with Gasteiger partial charge in [0.05, 0.1) is 6.26 Å². The van der Waals surface area contributed by atoms with Gasteiger partial charge in [-0.05, 0) is 67.6 Å². The van der Waals surface area contributed by atoms with E-state index < -0.39 is 0 Å². The van der Waals surface area contributed by atoms with E-state index in [1.54, 1.807) is 6.26 Å². The molecule has 0 fully saturated rings. The van der Waals surface area contributed by atoms with Gasteiger partial charge in [-0.25, -0.2) is 0 Å². The fourth-order valence-corrected chi connectivity index (χ4v) is 2.79. The molecule has 1 aromatic carbocycles. The van der Waals surface area contributed by atoms with Gasteiger partial charge in [0.15, 0.2) is 5.22 Å². The Kier molecular flexibility index (Phi) is 5.27. The van der Waals surface area contributed by atoms with Crippen molar-refractivity contribution in [2.75, 3.05) is 6.54 Å². The van der Waals surface area contributed by atoms with E-state index in [0.717, 1.165) is 24.9 Å². The van der Waals surface area contributed by atoms with Crippen LogP contribution in [0.3, 0.4) is 0 Å². The summed E-state index contributed by atoms with van der Waals surface area (Å²) in [5.74, 6) is 0. The van der Waals surface area contributed by atoms with Crippen molar-refractivity contribution in [2.45, 2.75) is 39.7 Å². The van der Waals surface area contributed by atoms with Gasteiger partial charge in [-0.1, -0.05) is 25.1 Å². The van der Waals surface area contributed by atoms with Crippen molar-refractivity contribution in [3.05, 3.63) is 58.0 Å². The van der Waals surface area contributed by atoms with E-state index in [0.29, 0.717) is 5.22 Å². The van der Waals surface area contributed by atoms with E-state index >= 15 is 0 Å². The fraction of sp³-hybridized carbons (Fsp3) is 0.412. The summed E-state index contributed by atoms with van der Waals surface area (Å²) < 4.78 is 5.25. The number of hydrogen-bond acceptors (Lipinski definition) is 2. The molecule has 108 valence electrons. The smallest absolute Gasteiger partial charge is 0.197 e. The average molecular weight is 292 g/mol. The Hall–Kier alpha value is -1.25. The van der Waals surface area contributed by atoms with Crippen molar-refractivity contribution in [1.82, 2.24) is 5.32 Å². The molecule has 0 aliphatic heterocycles. The number of hydrogen-bond donors (Lipinski definition) is 1. The molecule has 0 saturated carbocycles. The van der Waals surface area contributed by atoms with Crippen LogP contribution in [0.5, 0.6) is 0 Å². The molecule has 0 radical (unpaired) electrons. The number of benzene rings is 1.